The topological polar surface area (TPSA) is 95.9 Å². The molecule has 1 aromatic carbocycles. The molecule has 2 unspecified atom stereocenters. The van der Waals surface area contributed by atoms with Gasteiger partial charge in [-0.15, -0.1) is 0 Å². The Labute approximate surface area is 153 Å². The van der Waals surface area contributed by atoms with Gasteiger partial charge >= 0.3 is 5.97 Å². The number of aliphatic carboxylic acids is 1. The Morgan fingerprint density at radius 3 is 2.58 bits per heavy atom. The Balaban J connectivity index is 2.09. The molecule has 0 saturated heterocycles. The van der Waals surface area contributed by atoms with Gasteiger partial charge in [-0.3, -0.25) is 9.59 Å². The van der Waals surface area contributed by atoms with E-state index in [1.54, 1.807) is 39.0 Å². The van der Waals surface area contributed by atoms with E-state index >= 15 is 0 Å². The molecule has 0 aliphatic carbocycles. The van der Waals surface area contributed by atoms with E-state index in [1.165, 1.54) is 4.90 Å². The van der Waals surface area contributed by atoms with E-state index in [2.05, 4.69) is 5.32 Å². The molecule has 0 radical (unpaired) electrons. The van der Waals surface area contributed by atoms with Crippen LogP contribution in [0.4, 0.5) is 5.69 Å². The highest BCUT2D eigenvalue weighted by Gasteiger charge is 2.40. The van der Waals surface area contributed by atoms with Gasteiger partial charge in [-0.1, -0.05) is 32.4 Å². The number of rotatable bonds is 7. The summed E-state index contributed by atoms with van der Waals surface area (Å²) in [6.07, 6.45) is 0.650. The van der Waals surface area contributed by atoms with Crippen LogP contribution in [0.15, 0.2) is 24.3 Å². The van der Waals surface area contributed by atoms with Crippen LogP contribution in [0.25, 0.3) is 0 Å². The van der Waals surface area contributed by atoms with Crippen molar-refractivity contribution in [2.45, 2.75) is 52.2 Å². The SMILES string of the molecule is CCC(C)C(NC(=O)CCN1C(=O)C(C)(C)Oc2ccccc21)C(=O)O. The summed E-state index contributed by atoms with van der Waals surface area (Å²) >= 11 is 0. The quantitative estimate of drug-likeness (QED) is 0.775. The van der Waals surface area contributed by atoms with Gasteiger partial charge in [0.15, 0.2) is 5.60 Å². The lowest BCUT2D eigenvalue weighted by Gasteiger charge is -2.38. The lowest BCUT2D eigenvalue weighted by Crippen LogP contribution is -2.53. The third-order valence-corrected chi connectivity index (χ3v) is 4.64. The molecule has 7 heteroatoms. The monoisotopic (exact) mass is 362 g/mol. The fourth-order valence-corrected chi connectivity index (χ4v) is 2.88. The molecule has 1 heterocycles. The largest absolute Gasteiger partial charge is 0.480 e. The standard InChI is InChI=1S/C19H26N2O5/c1-5-12(2)16(17(23)24)20-15(22)10-11-21-13-8-6-7-9-14(13)26-19(3,4)18(21)25/h6-9,12,16H,5,10-11H2,1-4H3,(H,20,22)(H,23,24). The van der Waals surface area contributed by atoms with Gasteiger partial charge in [0.05, 0.1) is 5.69 Å². The van der Waals surface area contributed by atoms with Gasteiger partial charge in [-0.25, -0.2) is 4.79 Å². The fraction of sp³-hybridized carbons (Fsp3) is 0.526. The van der Waals surface area contributed by atoms with Crippen molar-refractivity contribution in [2.24, 2.45) is 5.92 Å². The molecule has 26 heavy (non-hydrogen) atoms. The maximum Gasteiger partial charge on any atom is 0.326 e. The fourth-order valence-electron chi connectivity index (χ4n) is 2.88. The van der Waals surface area contributed by atoms with Crippen LogP contribution in [0.5, 0.6) is 5.75 Å². The normalized spacial score (nSPS) is 17.7. The molecule has 0 fully saturated rings. The average Bonchev–Trinajstić information content (AvgIpc) is 2.58. The predicted molar refractivity (Wildman–Crippen MR) is 97.1 cm³/mol. The first-order valence-electron chi connectivity index (χ1n) is 8.79. The summed E-state index contributed by atoms with van der Waals surface area (Å²) in [7, 11) is 0. The molecule has 1 aromatic rings. The molecule has 2 amide bonds. The highest BCUT2D eigenvalue weighted by Crippen LogP contribution is 2.37. The number of nitrogens with one attached hydrogen (secondary N) is 1. The third-order valence-electron chi connectivity index (χ3n) is 4.64. The van der Waals surface area contributed by atoms with Crippen molar-refractivity contribution in [2.75, 3.05) is 11.4 Å². The summed E-state index contributed by atoms with van der Waals surface area (Å²) in [4.78, 5) is 37.8. The number of fused-ring (bicyclic) bond motifs is 1. The molecule has 1 aliphatic heterocycles. The molecule has 0 spiro atoms. The number of carbonyl (C=O) groups excluding carboxylic acids is 2. The van der Waals surface area contributed by atoms with Crippen molar-refractivity contribution in [1.29, 1.82) is 0 Å². The number of hydrogen-bond donors (Lipinski definition) is 2. The molecule has 7 nitrogen and oxygen atoms in total. The molecule has 1 aliphatic rings. The zero-order chi connectivity index (χ0) is 19.5. The van der Waals surface area contributed by atoms with Gasteiger partial charge in [-0.05, 0) is 31.9 Å². The number of carbonyl (C=O) groups is 3. The van der Waals surface area contributed by atoms with E-state index in [9.17, 15) is 19.5 Å². The Morgan fingerprint density at radius 2 is 1.96 bits per heavy atom. The second-order valence-electron chi connectivity index (χ2n) is 7.06. The summed E-state index contributed by atoms with van der Waals surface area (Å²) in [5, 5.41) is 11.8. The van der Waals surface area contributed by atoms with Crippen LogP contribution in [-0.2, 0) is 14.4 Å². The number of para-hydroxylation sites is 2. The van der Waals surface area contributed by atoms with Gasteiger partial charge in [0.25, 0.3) is 5.91 Å². The summed E-state index contributed by atoms with van der Waals surface area (Å²) in [5.41, 5.74) is -0.410. The first-order valence-corrected chi connectivity index (χ1v) is 8.79. The molecule has 142 valence electrons. The molecule has 2 rings (SSSR count). The molecule has 2 atom stereocenters. The van der Waals surface area contributed by atoms with Crippen LogP contribution in [0, 0.1) is 5.92 Å². The maximum atomic E-state index is 12.7. The second-order valence-corrected chi connectivity index (χ2v) is 7.06. The van der Waals surface area contributed by atoms with Crippen molar-refractivity contribution in [3.63, 3.8) is 0 Å². The Kier molecular flexibility index (Phi) is 5.90. The van der Waals surface area contributed by atoms with E-state index < -0.39 is 23.5 Å². The molecule has 0 bridgehead atoms. The number of anilines is 1. The minimum atomic E-state index is -1.05. The number of amides is 2. The van der Waals surface area contributed by atoms with Gasteiger partial charge in [-0.2, -0.15) is 0 Å². The van der Waals surface area contributed by atoms with Crippen molar-refractivity contribution in [3.05, 3.63) is 24.3 Å². The predicted octanol–water partition coefficient (Wildman–Crippen LogP) is 2.20. The first kappa shape index (κ1) is 19.8. The molecular weight excluding hydrogens is 336 g/mol. The van der Waals surface area contributed by atoms with E-state index in [4.69, 9.17) is 4.74 Å². The number of nitrogens with zero attached hydrogens (tertiary/aromatic N) is 1. The zero-order valence-corrected chi connectivity index (χ0v) is 15.6. The number of hydrogen-bond acceptors (Lipinski definition) is 4. The van der Waals surface area contributed by atoms with Gasteiger partial charge in [0.2, 0.25) is 5.91 Å². The zero-order valence-electron chi connectivity index (χ0n) is 15.6. The summed E-state index contributed by atoms with van der Waals surface area (Å²) in [6.45, 7) is 7.17. The van der Waals surface area contributed by atoms with Gasteiger partial charge < -0.3 is 20.1 Å². The Hall–Kier alpha value is -2.57. The lowest BCUT2D eigenvalue weighted by atomic mass is 9.99. The van der Waals surface area contributed by atoms with Crippen LogP contribution in [-0.4, -0.2) is 41.1 Å². The van der Waals surface area contributed by atoms with Crippen LogP contribution in [0.1, 0.15) is 40.5 Å². The van der Waals surface area contributed by atoms with E-state index in [0.29, 0.717) is 17.9 Å². The van der Waals surface area contributed by atoms with Crippen molar-refractivity contribution < 1.29 is 24.2 Å². The van der Waals surface area contributed by atoms with E-state index in [0.717, 1.165) is 0 Å². The Morgan fingerprint density at radius 1 is 1.31 bits per heavy atom. The second kappa shape index (κ2) is 7.76. The highest BCUT2D eigenvalue weighted by atomic mass is 16.5. The minimum absolute atomic E-state index is 0.0103. The van der Waals surface area contributed by atoms with Crippen molar-refractivity contribution in [1.82, 2.24) is 5.32 Å². The molecule has 0 saturated carbocycles. The lowest BCUT2D eigenvalue weighted by molar-refractivity contribution is -0.143. The van der Waals surface area contributed by atoms with Crippen molar-refractivity contribution >= 4 is 23.5 Å². The number of benzene rings is 1. The van der Waals surface area contributed by atoms with Crippen LogP contribution in [0.2, 0.25) is 0 Å². The summed E-state index contributed by atoms with van der Waals surface area (Å²) in [5.74, 6) is -1.28. The van der Waals surface area contributed by atoms with Gasteiger partial charge in [0.1, 0.15) is 11.8 Å². The minimum Gasteiger partial charge on any atom is -0.480 e. The Bertz CT molecular complexity index is 701. The summed E-state index contributed by atoms with van der Waals surface area (Å²) < 4.78 is 5.74. The molecule has 2 N–H and O–H groups in total. The van der Waals surface area contributed by atoms with Crippen molar-refractivity contribution in [3.8, 4) is 5.75 Å². The van der Waals surface area contributed by atoms with Gasteiger partial charge in [0, 0.05) is 13.0 Å². The third kappa shape index (κ3) is 4.15. The maximum absolute atomic E-state index is 12.7. The average molecular weight is 362 g/mol. The number of ether oxygens (including phenoxy) is 1. The molecular formula is C19H26N2O5. The van der Waals surface area contributed by atoms with Crippen LogP contribution >= 0.6 is 0 Å². The van der Waals surface area contributed by atoms with Crippen LogP contribution in [0.3, 0.4) is 0 Å². The molecule has 0 aromatic heterocycles. The smallest absolute Gasteiger partial charge is 0.326 e. The van der Waals surface area contributed by atoms with E-state index in [1.807, 2.05) is 13.0 Å². The number of carboxylic acids is 1. The highest BCUT2D eigenvalue weighted by molar-refractivity contribution is 6.02. The first-order chi connectivity index (χ1) is 12.2. The van der Waals surface area contributed by atoms with Crippen LogP contribution < -0.4 is 15.0 Å². The number of carboxylic acid groups (broad SMARTS) is 1. The summed E-state index contributed by atoms with van der Waals surface area (Å²) in [6, 6.07) is 6.22. The van der Waals surface area contributed by atoms with E-state index in [-0.39, 0.29) is 24.8 Å².